The molecule has 1 saturated heterocycles. The molecule has 5 rings (SSSR count). The molecule has 1 amide bonds. The van der Waals surface area contributed by atoms with Crippen molar-refractivity contribution in [1.29, 1.82) is 0 Å². The van der Waals surface area contributed by atoms with Crippen molar-refractivity contribution in [3.63, 3.8) is 0 Å². The SMILES string of the molecule is C[C@H]1OC(=O)[C@H]2C=C3C[C@H]([N+](=O)[O-])CC[C@H]3[C@H](C(=O)N(c3ccccc3)c3ccccc3)[C@@H]21. The highest BCUT2D eigenvalue weighted by Gasteiger charge is 2.56. The van der Waals surface area contributed by atoms with E-state index in [-0.39, 0.29) is 35.1 Å². The smallest absolute Gasteiger partial charge is 0.313 e. The van der Waals surface area contributed by atoms with Gasteiger partial charge in [0.15, 0.2) is 0 Å². The normalized spacial score (nSPS) is 30.5. The maximum Gasteiger partial charge on any atom is 0.313 e. The number of ether oxygens (including phenoxy) is 1. The van der Waals surface area contributed by atoms with Crippen LogP contribution in [0.1, 0.15) is 26.2 Å². The maximum atomic E-state index is 14.4. The highest BCUT2D eigenvalue weighted by molar-refractivity contribution is 6.03. The number of para-hydroxylation sites is 2. The van der Waals surface area contributed by atoms with E-state index in [1.54, 1.807) is 4.90 Å². The van der Waals surface area contributed by atoms with Crippen LogP contribution < -0.4 is 4.90 Å². The summed E-state index contributed by atoms with van der Waals surface area (Å²) in [7, 11) is 0. The van der Waals surface area contributed by atoms with E-state index in [1.807, 2.05) is 73.7 Å². The number of fused-ring (bicyclic) bond motifs is 2. The van der Waals surface area contributed by atoms with E-state index < -0.39 is 24.0 Å². The van der Waals surface area contributed by atoms with E-state index in [4.69, 9.17) is 4.74 Å². The monoisotopic (exact) mass is 446 g/mol. The zero-order valence-corrected chi connectivity index (χ0v) is 18.4. The molecule has 33 heavy (non-hydrogen) atoms. The van der Waals surface area contributed by atoms with Crippen molar-refractivity contribution in [2.45, 2.75) is 38.3 Å². The first-order chi connectivity index (χ1) is 16.0. The highest BCUT2D eigenvalue weighted by atomic mass is 16.6. The second kappa shape index (κ2) is 8.46. The molecule has 1 aliphatic heterocycles. The highest BCUT2D eigenvalue weighted by Crippen LogP contribution is 2.51. The average molecular weight is 447 g/mol. The van der Waals surface area contributed by atoms with Gasteiger partial charge in [-0.15, -0.1) is 0 Å². The van der Waals surface area contributed by atoms with E-state index in [0.717, 1.165) is 16.9 Å². The number of esters is 1. The summed E-state index contributed by atoms with van der Waals surface area (Å²) >= 11 is 0. The molecule has 7 nitrogen and oxygen atoms in total. The van der Waals surface area contributed by atoms with Crippen LogP contribution in [-0.2, 0) is 14.3 Å². The molecule has 2 fully saturated rings. The van der Waals surface area contributed by atoms with Crippen LogP contribution in [0.25, 0.3) is 0 Å². The predicted octanol–water partition coefficient (Wildman–Crippen LogP) is 4.53. The summed E-state index contributed by atoms with van der Waals surface area (Å²) in [5.41, 5.74) is 2.35. The Bertz CT molecular complexity index is 1060. The minimum Gasteiger partial charge on any atom is -0.462 e. The first-order valence-electron chi connectivity index (χ1n) is 11.4. The number of nitro groups is 1. The zero-order valence-electron chi connectivity index (χ0n) is 18.4. The van der Waals surface area contributed by atoms with Crippen molar-refractivity contribution in [3.8, 4) is 0 Å². The lowest BCUT2D eigenvalue weighted by Crippen LogP contribution is -2.48. The zero-order chi connectivity index (χ0) is 23.1. The van der Waals surface area contributed by atoms with Gasteiger partial charge in [-0.2, -0.15) is 0 Å². The van der Waals surface area contributed by atoms with Gasteiger partial charge < -0.3 is 4.74 Å². The third-order valence-corrected chi connectivity index (χ3v) is 7.36. The fraction of sp³-hybridized carbons (Fsp3) is 0.385. The molecule has 1 heterocycles. The third kappa shape index (κ3) is 3.71. The molecule has 2 aromatic carbocycles. The minimum absolute atomic E-state index is 0.0947. The summed E-state index contributed by atoms with van der Waals surface area (Å²) in [4.78, 5) is 40.0. The van der Waals surface area contributed by atoms with Crippen LogP contribution in [-0.4, -0.2) is 28.9 Å². The molecule has 7 heteroatoms. The molecular weight excluding hydrogens is 420 g/mol. The van der Waals surface area contributed by atoms with Gasteiger partial charge in [0.05, 0.1) is 11.8 Å². The molecule has 0 radical (unpaired) electrons. The van der Waals surface area contributed by atoms with Gasteiger partial charge in [-0.3, -0.25) is 24.6 Å². The molecule has 0 N–H and O–H groups in total. The molecule has 1 saturated carbocycles. The lowest BCUT2D eigenvalue weighted by Gasteiger charge is -2.43. The van der Waals surface area contributed by atoms with Crippen molar-refractivity contribution in [2.75, 3.05) is 4.90 Å². The fourth-order valence-corrected chi connectivity index (χ4v) is 5.89. The lowest BCUT2D eigenvalue weighted by molar-refractivity contribution is -0.524. The van der Waals surface area contributed by atoms with Crippen molar-refractivity contribution in [3.05, 3.63) is 82.4 Å². The van der Waals surface area contributed by atoms with E-state index in [0.29, 0.717) is 12.8 Å². The first kappa shape index (κ1) is 21.4. The molecule has 0 spiro atoms. The molecule has 2 aromatic rings. The van der Waals surface area contributed by atoms with Crippen molar-refractivity contribution >= 4 is 23.3 Å². The second-order valence-electron chi connectivity index (χ2n) is 9.18. The summed E-state index contributed by atoms with van der Waals surface area (Å²) in [6, 6.07) is 18.3. The van der Waals surface area contributed by atoms with Crippen molar-refractivity contribution in [1.82, 2.24) is 0 Å². The second-order valence-corrected chi connectivity index (χ2v) is 9.18. The Labute approximate surface area is 192 Å². The minimum atomic E-state index is -0.672. The number of benzene rings is 2. The van der Waals surface area contributed by atoms with Gasteiger partial charge in [0.1, 0.15) is 6.10 Å². The Hall–Kier alpha value is -3.48. The van der Waals surface area contributed by atoms with Gasteiger partial charge in [-0.25, -0.2) is 0 Å². The largest absolute Gasteiger partial charge is 0.462 e. The summed E-state index contributed by atoms with van der Waals surface area (Å²) in [6.07, 6.45) is 2.74. The number of nitrogens with zero attached hydrogens (tertiary/aromatic N) is 2. The molecular formula is C26H26N2O5. The molecule has 2 aliphatic carbocycles. The third-order valence-electron chi connectivity index (χ3n) is 7.36. The van der Waals surface area contributed by atoms with Crippen molar-refractivity contribution < 1.29 is 19.2 Å². The Morgan fingerprint density at radius 3 is 2.21 bits per heavy atom. The molecule has 3 aliphatic rings. The number of hydrogen-bond acceptors (Lipinski definition) is 5. The number of hydrogen-bond donors (Lipinski definition) is 0. The Morgan fingerprint density at radius 1 is 1.03 bits per heavy atom. The fourth-order valence-electron chi connectivity index (χ4n) is 5.89. The first-order valence-corrected chi connectivity index (χ1v) is 11.4. The molecule has 0 aromatic heterocycles. The van der Waals surface area contributed by atoms with E-state index in [9.17, 15) is 19.7 Å². The maximum absolute atomic E-state index is 14.4. The number of carbonyl (C=O) groups excluding carboxylic acids is 2. The molecule has 6 atom stereocenters. The summed E-state index contributed by atoms with van der Waals surface area (Å²) in [5, 5.41) is 11.5. The number of cyclic esters (lactones) is 1. The van der Waals surface area contributed by atoms with E-state index in [2.05, 4.69) is 0 Å². The van der Waals surface area contributed by atoms with Gasteiger partial charge in [0.25, 0.3) is 0 Å². The number of amides is 1. The van der Waals surface area contributed by atoms with Crippen LogP contribution in [0.15, 0.2) is 72.3 Å². The van der Waals surface area contributed by atoms with Gasteiger partial charge in [0, 0.05) is 35.1 Å². The van der Waals surface area contributed by atoms with Crippen LogP contribution in [0.4, 0.5) is 11.4 Å². The van der Waals surface area contributed by atoms with Crippen LogP contribution in [0.5, 0.6) is 0 Å². The topological polar surface area (TPSA) is 89.7 Å². The van der Waals surface area contributed by atoms with Gasteiger partial charge in [-0.05, 0) is 43.5 Å². The van der Waals surface area contributed by atoms with E-state index >= 15 is 0 Å². The van der Waals surface area contributed by atoms with E-state index in [1.165, 1.54) is 0 Å². The standard InChI is InChI=1S/C26H26N2O5/c1-16-23-22(26(30)33-16)15-17-14-20(28(31)32)12-13-21(17)24(23)25(29)27(18-8-4-2-5-9-18)19-10-6-3-7-11-19/h2-11,15-16,20-24H,12-14H2,1H3/t16-,20-,21-,22+,23-,24+/m1/s1. The number of anilines is 2. The average Bonchev–Trinajstić information content (AvgIpc) is 3.11. The van der Waals surface area contributed by atoms with Crippen LogP contribution in [0.2, 0.25) is 0 Å². The number of carbonyl (C=O) groups is 2. The van der Waals surface area contributed by atoms with Crippen molar-refractivity contribution in [2.24, 2.45) is 23.7 Å². The Kier molecular flexibility index (Phi) is 5.48. The Balaban J connectivity index is 1.59. The van der Waals surface area contributed by atoms with Gasteiger partial charge in [0.2, 0.25) is 11.9 Å². The van der Waals surface area contributed by atoms with Gasteiger partial charge >= 0.3 is 5.97 Å². The van der Waals surface area contributed by atoms with Crippen LogP contribution in [0, 0.1) is 33.8 Å². The quantitative estimate of drug-likeness (QED) is 0.298. The molecule has 0 bridgehead atoms. The van der Waals surface area contributed by atoms with Crippen LogP contribution >= 0.6 is 0 Å². The summed E-state index contributed by atoms with van der Waals surface area (Å²) in [5.74, 6) is -1.90. The summed E-state index contributed by atoms with van der Waals surface area (Å²) < 4.78 is 5.57. The van der Waals surface area contributed by atoms with Gasteiger partial charge in [-0.1, -0.05) is 48.0 Å². The Morgan fingerprint density at radius 2 is 1.64 bits per heavy atom. The molecule has 0 unspecified atom stereocenters. The summed E-state index contributed by atoms with van der Waals surface area (Å²) in [6.45, 7) is 1.85. The molecule has 170 valence electrons. The lowest BCUT2D eigenvalue weighted by atomic mass is 9.61. The van der Waals surface area contributed by atoms with Crippen LogP contribution in [0.3, 0.4) is 0 Å². The predicted molar refractivity (Wildman–Crippen MR) is 122 cm³/mol. The number of rotatable bonds is 4.